The number of hydrogen-bond donors (Lipinski definition) is 0. The van der Waals surface area contributed by atoms with Crippen molar-refractivity contribution in [1.29, 1.82) is 0 Å². The molecule has 0 aliphatic carbocycles. The first kappa shape index (κ1) is 25.4. The summed E-state index contributed by atoms with van der Waals surface area (Å²) in [5.41, 5.74) is 3.32. The lowest BCUT2D eigenvalue weighted by Crippen LogP contribution is -2.36. The minimum atomic E-state index is -0.428. The van der Waals surface area contributed by atoms with Crippen molar-refractivity contribution in [2.45, 2.75) is 52.2 Å². The highest BCUT2D eigenvalue weighted by atomic mass is 32.1. The van der Waals surface area contributed by atoms with Crippen molar-refractivity contribution < 1.29 is 4.79 Å². The summed E-state index contributed by atoms with van der Waals surface area (Å²) in [5.74, 6) is -0.292. The number of aryl methyl sites for hydroxylation is 1. The third-order valence-corrected chi connectivity index (χ3v) is 8.59. The van der Waals surface area contributed by atoms with E-state index in [-0.39, 0.29) is 24.1 Å². The van der Waals surface area contributed by atoms with E-state index in [2.05, 4.69) is 5.10 Å². The minimum absolute atomic E-state index is 0.230. The Hall–Kier alpha value is -3.89. The van der Waals surface area contributed by atoms with Gasteiger partial charge < -0.3 is 0 Å². The molecule has 0 bridgehead atoms. The fraction of sp³-hybridized carbons (Fsp3) is 0.276. The van der Waals surface area contributed by atoms with Crippen molar-refractivity contribution in [3.8, 4) is 10.6 Å². The number of amides is 1. The van der Waals surface area contributed by atoms with Crippen LogP contribution in [0.4, 0.5) is 0 Å². The second kappa shape index (κ2) is 9.69. The summed E-state index contributed by atoms with van der Waals surface area (Å²) in [5, 5.41) is 20.2. The average Bonchev–Trinajstić information content (AvgIpc) is 3.71. The van der Waals surface area contributed by atoms with Gasteiger partial charge in [-0.05, 0) is 56.2 Å². The lowest BCUT2D eigenvalue weighted by atomic mass is 10.00. The fourth-order valence-corrected chi connectivity index (χ4v) is 6.31. The number of hydrogen-bond acceptors (Lipinski definition) is 7. The zero-order chi connectivity index (χ0) is 27.3. The van der Waals surface area contributed by atoms with Gasteiger partial charge in [0.2, 0.25) is 0 Å². The molecule has 1 aliphatic heterocycles. The molecule has 0 saturated carbocycles. The van der Waals surface area contributed by atoms with Crippen molar-refractivity contribution in [2.24, 2.45) is 5.10 Å². The van der Waals surface area contributed by atoms with Crippen molar-refractivity contribution in [2.75, 3.05) is 0 Å². The third kappa shape index (κ3) is 4.63. The number of carbonyl (C=O) groups excluding carboxylic acids is 1. The number of nitrogens with zero attached hydrogens (tertiary/aromatic N) is 6. The summed E-state index contributed by atoms with van der Waals surface area (Å²) in [6, 6.07) is 15.8. The quantitative estimate of drug-likeness (QED) is 0.273. The third-order valence-electron chi connectivity index (χ3n) is 6.79. The topological polar surface area (TPSA) is 85.4 Å². The number of carbonyl (C=O) groups is 1. The Bertz CT molecular complexity index is 1740. The van der Waals surface area contributed by atoms with Gasteiger partial charge in [-0.15, -0.1) is 22.7 Å². The van der Waals surface area contributed by atoms with E-state index in [9.17, 15) is 9.59 Å². The van der Waals surface area contributed by atoms with Gasteiger partial charge in [0.15, 0.2) is 0 Å². The summed E-state index contributed by atoms with van der Waals surface area (Å²) < 4.78 is 3.00. The summed E-state index contributed by atoms with van der Waals surface area (Å²) in [6.45, 7) is 7.80. The molecule has 1 amide bonds. The van der Waals surface area contributed by atoms with Gasteiger partial charge in [0.1, 0.15) is 17.8 Å². The maximum atomic E-state index is 13.9. The number of fused-ring (bicyclic) bond motifs is 1. The molecule has 1 aliphatic rings. The molecule has 39 heavy (non-hydrogen) atoms. The van der Waals surface area contributed by atoms with Crippen LogP contribution in [0.25, 0.3) is 21.5 Å². The van der Waals surface area contributed by atoms with Gasteiger partial charge in [0.05, 0.1) is 38.6 Å². The molecule has 0 spiro atoms. The molecule has 6 rings (SSSR count). The molecule has 4 aromatic heterocycles. The Morgan fingerprint density at radius 1 is 1.03 bits per heavy atom. The van der Waals surface area contributed by atoms with Crippen LogP contribution in [0.2, 0.25) is 0 Å². The van der Waals surface area contributed by atoms with E-state index in [4.69, 9.17) is 10.2 Å². The monoisotopic (exact) mass is 556 g/mol. The number of benzene rings is 1. The van der Waals surface area contributed by atoms with Gasteiger partial charge in [-0.1, -0.05) is 42.0 Å². The summed E-state index contributed by atoms with van der Waals surface area (Å²) in [4.78, 5) is 29.6. The average molecular weight is 557 g/mol. The molecule has 0 saturated heterocycles. The smallest absolute Gasteiger partial charge is 0.271 e. The maximum absolute atomic E-state index is 13.9. The van der Waals surface area contributed by atoms with Gasteiger partial charge >= 0.3 is 0 Å². The normalized spacial score (nSPS) is 15.7. The minimum Gasteiger partial charge on any atom is -0.271 e. The van der Waals surface area contributed by atoms with E-state index in [1.807, 2.05) is 87.0 Å². The van der Waals surface area contributed by atoms with Gasteiger partial charge in [0.25, 0.3) is 11.5 Å². The molecule has 5 heterocycles. The molecule has 0 fully saturated rings. The summed E-state index contributed by atoms with van der Waals surface area (Å²) in [7, 11) is 0. The lowest BCUT2D eigenvalue weighted by molar-refractivity contribution is -0.133. The molecule has 0 radical (unpaired) electrons. The van der Waals surface area contributed by atoms with Crippen molar-refractivity contribution in [3.63, 3.8) is 0 Å². The Labute approximate surface area is 233 Å². The molecule has 1 atom stereocenters. The molecule has 5 aromatic rings. The highest BCUT2D eigenvalue weighted by Crippen LogP contribution is 2.35. The van der Waals surface area contributed by atoms with Crippen LogP contribution in [0.3, 0.4) is 0 Å². The first-order chi connectivity index (χ1) is 18.7. The zero-order valence-corrected chi connectivity index (χ0v) is 23.8. The number of rotatable bonds is 5. The van der Waals surface area contributed by atoms with Crippen LogP contribution in [0.15, 0.2) is 75.4 Å². The van der Waals surface area contributed by atoms with Crippen LogP contribution in [-0.4, -0.2) is 36.2 Å². The predicted molar refractivity (Wildman–Crippen MR) is 156 cm³/mol. The Morgan fingerprint density at radius 3 is 2.36 bits per heavy atom. The first-order valence-electron chi connectivity index (χ1n) is 12.7. The summed E-state index contributed by atoms with van der Waals surface area (Å²) in [6.07, 6.45) is 2.30. The van der Waals surface area contributed by atoms with Gasteiger partial charge in [-0.2, -0.15) is 15.3 Å². The van der Waals surface area contributed by atoms with Crippen LogP contribution >= 0.6 is 22.7 Å². The SMILES string of the molecule is Cc1ccc(C2CC(c3cccs3)=NN2C(=O)Cn2nc(-c3cccs3)c3cnn(C(C)(C)C)c3c2=O)cc1. The standard InChI is InChI=1S/C29H28N6O2S2/c1-18-9-11-19(12-10-18)22-15-21(23-7-5-13-38-23)31-34(22)25(36)17-33-28(37)27-20(16-30-35(27)29(2,3)4)26(32-33)24-8-6-14-39-24/h5-14,16,22H,15,17H2,1-4H3. The van der Waals surface area contributed by atoms with E-state index < -0.39 is 5.54 Å². The first-order valence-corrected chi connectivity index (χ1v) is 14.5. The van der Waals surface area contributed by atoms with E-state index >= 15 is 0 Å². The maximum Gasteiger partial charge on any atom is 0.293 e. The Balaban J connectivity index is 1.44. The molecule has 0 N–H and O–H groups in total. The van der Waals surface area contributed by atoms with Gasteiger partial charge in [-0.25, -0.2) is 9.69 Å². The fourth-order valence-electron chi connectivity index (χ4n) is 4.86. The molecule has 198 valence electrons. The second-order valence-electron chi connectivity index (χ2n) is 10.7. The molecular weight excluding hydrogens is 528 g/mol. The number of thiophene rings is 2. The zero-order valence-electron chi connectivity index (χ0n) is 22.2. The highest BCUT2D eigenvalue weighted by molar-refractivity contribution is 7.13. The molecular formula is C29H28N6O2S2. The lowest BCUT2D eigenvalue weighted by Gasteiger charge is -2.23. The van der Waals surface area contributed by atoms with Crippen LogP contribution in [-0.2, 0) is 16.9 Å². The van der Waals surface area contributed by atoms with Crippen molar-refractivity contribution in [3.05, 3.63) is 91.8 Å². The molecule has 1 aromatic carbocycles. The predicted octanol–water partition coefficient (Wildman–Crippen LogP) is 5.82. The molecule has 10 heteroatoms. The van der Waals surface area contributed by atoms with Crippen LogP contribution in [0.1, 0.15) is 49.2 Å². The van der Waals surface area contributed by atoms with Crippen LogP contribution < -0.4 is 5.56 Å². The van der Waals surface area contributed by atoms with E-state index in [0.717, 1.165) is 26.6 Å². The molecule has 1 unspecified atom stereocenters. The van der Waals surface area contributed by atoms with Crippen molar-refractivity contribution >= 4 is 45.2 Å². The highest BCUT2D eigenvalue weighted by Gasteiger charge is 2.34. The van der Waals surface area contributed by atoms with E-state index in [1.165, 1.54) is 21.0 Å². The second-order valence-corrected chi connectivity index (χ2v) is 12.6. The molecule has 8 nitrogen and oxygen atoms in total. The van der Waals surface area contributed by atoms with Gasteiger partial charge in [0, 0.05) is 6.42 Å². The Morgan fingerprint density at radius 2 is 1.72 bits per heavy atom. The van der Waals surface area contributed by atoms with E-state index in [1.54, 1.807) is 22.2 Å². The van der Waals surface area contributed by atoms with Gasteiger partial charge in [-0.3, -0.25) is 14.3 Å². The number of aromatic nitrogens is 4. The van der Waals surface area contributed by atoms with Crippen molar-refractivity contribution in [1.82, 2.24) is 24.6 Å². The van der Waals surface area contributed by atoms with Crippen LogP contribution in [0, 0.1) is 6.92 Å². The Kier molecular flexibility index (Phi) is 6.31. The largest absolute Gasteiger partial charge is 0.293 e. The number of hydrazone groups is 1. The van der Waals surface area contributed by atoms with Crippen LogP contribution in [0.5, 0.6) is 0 Å². The van der Waals surface area contributed by atoms with E-state index in [0.29, 0.717) is 23.0 Å². The summed E-state index contributed by atoms with van der Waals surface area (Å²) >= 11 is 3.13.